The minimum atomic E-state index is 0.999. The molecule has 0 spiro atoms. The fourth-order valence-corrected chi connectivity index (χ4v) is 3.52. The van der Waals surface area contributed by atoms with Crippen LogP contribution in [0.5, 0.6) is 0 Å². The second-order valence-electron chi connectivity index (χ2n) is 5.53. The van der Waals surface area contributed by atoms with Gasteiger partial charge in [0.25, 0.3) is 0 Å². The minimum absolute atomic E-state index is 0.999. The van der Waals surface area contributed by atoms with E-state index in [1.54, 1.807) is 23.5 Å². The van der Waals surface area contributed by atoms with Gasteiger partial charge in [-0.1, -0.05) is 48.5 Å². The molecule has 2 nitrogen and oxygen atoms in total. The molecule has 130 valence electrons. The highest BCUT2D eigenvalue weighted by Gasteiger charge is 1.98. The molecule has 0 aliphatic heterocycles. The Morgan fingerprint density at radius 3 is 1.35 bits per heavy atom. The van der Waals surface area contributed by atoms with Crippen molar-refractivity contribution in [3.8, 4) is 0 Å². The van der Waals surface area contributed by atoms with Crippen molar-refractivity contribution in [1.29, 1.82) is 0 Å². The Balaban J connectivity index is 1.72. The SMILES string of the molecule is CSc1ccccc1N=Cc1ccc(C=Nc2ccccc2SC)cc1. The highest BCUT2D eigenvalue weighted by molar-refractivity contribution is 7.99. The zero-order valence-electron chi connectivity index (χ0n) is 14.8. The van der Waals surface area contributed by atoms with Crippen LogP contribution < -0.4 is 0 Å². The number of hydrogen-bond donors (Lipinski definition) is 0. The standard InChI is InChI=1S/C22H20N2S2/c1-25-21-9-5-3-7-19(21)23-15-17-11-13-18(14-12-17)16-24-20-8-4-6-10-22(20)26-2/h3-16H,1-2H3. The van der Waals surface area contributed by atoms with Gasteiger partial charge in [-0.15, -0.1) is 23.5 Å². The van der Waals surface area contributed by atoms with Gasteiger partial charge in [0.05, 0.1) is 11.4 Å². The summed E-state index contributed by atoms with van der Waals surface area (Å²) < 4.78 is 0. The van der Waals surface area contributed by atoms with Gasteiger partial charge < -0.3 is 0 Å². The normalized spacial score (nSPS) is 11.5. The van der Waals surface area contributed by atoms with E-state index in [0.717, 1.165) is 22.5 Å². The van der Waals surface area contributed by atoms with Crippen molar-refractivity contribution in [2.45, 2.75) is 9.79 Å². The van der Waals surface area contributed by atoms with Crippen LogP contribution in [-0.2, 0) is 0 Å². The Morgan fingerprint density at radius 2 is 0.962 bits per heavy atom. The van der Waals surface area contributed by atoms with E-state index >= 15 is 0 Å². The molecular weight excluding hydrogens is 356 g/mol. The monoisotopic (exact) mass is 376 g/mol. The van der Waals surface area contributed by atoms with Crippen LogP contribution >= 0.6 is 23.5 Å². The van der Waals surface area contributed by atoms with E-state index in [1.165, 1.54) is 9.79 Å². The molecule has 0 bridgehead atoms. The van der Waals surface area contributed by atoms with Gasteiger partial charge in [-0.3, -0.25) is 9.98 Å². The average Bonchev–Trinajstić information content (AvgIpc) is 2.72. The third-order valence-electron chi connectivity index (χ3n) is 3.81. The average molecular weight is 377 g/mol. The van der Waals surface area contributed by atoms with Crippen LogP contribution in [0.25, 0.3) is 0 Å². The van der Waals surface area contributed by atoms with Gasteiger partial charge in [-0.25, -0.2) is 0 Å². The minimum Gasteiger partial charge on any atom is -0.255 e. The van der Waals surface area contributed by atoms with E-state index < -0.39 is 0 Å². The molecule has 0 aliphatic rings. The third kappa shape index (κ3) is 4.87. The van der Waals surface area contributed by atoms with Gasteiger partial charge >= 0.3 is 0 Å². The largest absolute Gasteiger partial charge is 0.255 e. The van der Waals surface area contributed by atoms with E-state index in [0.29, 0.717) is 0 Å². The summed E-state index contributed by atoms with van der Waals surface area (Å²) in [5.41, 5.74) is 4.14. The molecule has 3 aromatic rings. The summed E-state index contributed by atoms with van der Waals surface area (Å²) in [6.07, 6.45) is 7.94. The lowest BCUT2D eigenvalue weighted by molar-refractivity contribution is 1.38. The first kappa shape index (κ1) is 18.5. The van der Waals surface area contributed by atoms with Gasteiger partial charge in [0.15, 0.2) is 0 Å². The molecule has 26 heavy (non-hydrogen) atoms. The Bertz CT molecular complexity index is 839. The second-order valence-corrected chi connectivity index (χ2v) is 7.22. The molecule has 0 radical (unpaired) electrons. The molecule has 0 amide bonds. The van der Waals surface area contributed by atoms with Crippen molar-refractivity contribution >= 4 is 47.3 Å². The van der Waals surface area contributed by atoms with Gasteiger partial charge in [-0.05, 0) is 47.9 Å². The van der Waals surface area contributed by atoms with Crippen molar-refractivity contribution in [3.05, 3.63) is 83.9 Å². The van der Waals surface area contributed by atoms with Crippen LogP contribution in [0.15, 0.2) is 92.6 Å². The molecule has 3 aromatic carbocycles. The Hall–Kier alpha value is -2.30. The molecule has 0 fully saturated rings. The molecule has 0 unspecified atom stereocenters. The number of nitrogens with zero attached hydrogens (tertiary/aromatic N) is 2. The quantitative estimate of drug-likeness (QED) is 0.356. The summed E-state index contributed by atoms with van der Waals surface area (Å²) in [6, 6.07) is 24.6. The molecule has 0 heterocycles. The molecule has 4 heteroatoms. The summed E-state index contributed by atoms with van der Waals surface area (Å²) >= 11 is 3.42. The Labute approximate surface area is 163 Å². The molecule has 0 saturated heterocycles. The topological polar surface area (TPSA) is 24.7 Å². The zero-order valence-corrected chi connectivity index (χ0v) is 16.4. The summed E-state index contributed by atoms with van der Waals surface area (Å²) in [5.74, 6) is 0. The van der Waals surface area contributed by atoms with Crippen molar-refractivity contribution in [2.24, 2.45) is 9.98 Å². The lowest BCUT2D eigenvalue weighted by Crippen LogP contribution is -1.85. The molecule has 0 N–H and O–H groups in total. The number of aliphatic imine (C=N–C) groups is 2. The lowest BCUT2D eigenvalue weighted by atomic mass is 10.1. The van der Waals surface area contributed by atoms with Gasteiger partial charge in [0.2, 0.25) is 0 Å². The maximum Gasteiger partial charge on any atom is 0.0765 e. The predicted octanol–water partition coefficient (Wildman–Crippen LogP) is 6.63. The van der Waals surface area contributed by atoms with Crippen molar-refractivity contribution in [2.75, 3.05) is 12.5 Å². The summed E-state index contributed by atoms with van der Waals surface area (Å²) in [7, 11) is 0. The first-order valence-corrected chi connectivity index (χ1v) is 10.7. The van der Waals surface area contributed by atoms with Crippen LogP contribution in [0.4, 0.5) is 11.4 Å². The van der Waals surface area contributed by atoms with E-state index in [1.807, 2.05) is 48.8 Å². The van der Waals surface area contributed by atoms with Crippen molar-refractivity contribution in [3.63, 3.8) is 0 Å². The van der Waals surface area contributed by atoms with Crippen molar-refractivity contribution in [1.82, 2.24) is 0 Å². The maximum absolute atomic E-state index is 4.61. The fourth-order valence-electron chi connectivity index (χ4n) is 2.43. The smallest absolute Gasteiger partial charge is 0.0765 e. The third-order valence-corrected chi connectivity index (χ3v) is 5.38. The van der Waals surface area contributed by atoms with Gasteiger partial charge in [0.1, 0.15) is 0 Å². The summed E-state index contributed by atoms with van der Waals surface area (Å²) in [6.45, 7) is 0. The number of benzene rings is 3. The maximum atomic E-state index is 4.61. The number of para-hydroxylation sites is 2. The van der Waals surface area contributed by atoms with Crippen LogP contribution in [0.3, 0.4) is 0 Å². The predicted molar refractivity (Wildman–Crippen MR) is 117 cm³/mol. The van der Waals surface area contributed by atoms with E-state index in [9.17, 15) is 0 Å². The molecule has 0 aromatic heterocycles. The van der Waals surface area contributed by atoms with Gasteiger partial charge in [-0.2, -0.15) is 0 Å². The number of thioether (sulfide) groups is 2. The van der Waals surface area contributed by atoms with Crippen LogP contribution in [0, 0.1) is 0 Å². The Kier molecular flexibility index (Phi) is 6.69. The second kappa shape index (κ2) is 9.41. The summed E-state index contributed by atoms with van der Waals surface area (Å²) in [5, 5.41) is 0. The fraction of sp³-hybridized carbons (Fsp3) is 0.0909. The first-order chi connectivity index (χ1) is 12.8. The molecule has 0 atom stereocenters. The first-order valence-electron chi connectivity index (χ1n) is 8.24. The van der Waals surface area contributed by atoms with E-state index in [4.69, 9.17) is 0 Å². The number of rotatable bonds is 6. The zero-order chi connectivity index (χ0) is 18.2. The highest BCUT2D eigenvalue weighted by atomic mass is 32.2. The molecule has 0 saturated carbocycles. The lowest BCUT2D eigenvalue weighted by Gasteiger charge is -2.02. The summed E-state index contributed by atoms with van der Waals surface area (Å²) in [4.78, 5) is 11.6. The van der Waals surface area contributed by atoms with Crippen molar-refractivity contribution < 1.29 is 0 Å². The van der Waals surface area contributed by atoms with E-state index in [-0.39, 0.29) is 0 Å². The molecule has 0 aliphatic carbocycles. The Morgan fingerprint density at radius 1 is 0.577 bits per heavy atom. The van der Waals surface area contributed by atoms with Gasteiger partial charge in [0, 0.05) is 22.2 Å². The highest BCUT2D eigenvalue weighted by Crippen LogP contribution is 2.28. The molecular formula is C22H20N2S2. The molecule has 3 rings (SSSR count). The van der Waals surface area contributed by atoms with Crippen LogP contribution in [0.2, 0.25) is 0 Å². The number of hydrogen-bond acceptors (Lipinski definition) is 4. The van der Waals surface area contributed by atoms with Crippen LogP contribution in [0.1, 0.15) is 11.1 Å². The van der Waals surface area contributed by atoms with E-state index in [2.05, 4.69) is 58.9 Å². The van der Waals surface area contributed by atoms with Crippen LogP contribution in [-0.4, -0.2) is 24.9 Å².